The van der Waals surface area contributed by atoms with Gasteiger partial charge in [0, 0.05) is 13.0 Å². The summed E-state index contributed by atoms with van der Waals surface area (Å²) in [6.45, 7) is 12.0. The highest BCUT2D eigenvalue weighted by Gasteiger charge is 2.47. The SMILES string of the molecule is CCC(=O)C1N(C(=O)OC(C)(C)C)CCC1(C)C. The van der Waals surface area contributed by atoms with Crippen LogP contribution in [0.2, 0.25) is 0 Å². The first-order valence-electron chi connectivity index (χ1n) is 6.61. The molecular formula is C14H25NO3. The van der Waals surface area contributed by atoms with Crippen molar-refractivity contribution in [3.8, 4) is 0 Å². The number of hydrogen-bond acceptors (Lipinski definition) is 3. The average molecular weight is 255 g/mol. The van der Waals surface area contributed by atoms with E-state index in [0.717, 1.165) is 6.42 Å². The Balaban J connectivity index is 2.88. The van der Waals surface area contributed by atoms with Crippen LogP contribution in [0, 0.1) is 5.41 Å². The Morgan fingerprint density at radius 3 is 2.33 bits per heavy atom. The van der Waals surface area contributed by atoms with Crippen LogP contribution in [-0.2, 0) is 9.53 Å². The van der Waals surface area contributed by atoms with Gasteiger partial charge in [0.1, 0.15) is 5.60 Å². The molecule has 1 aliphatic heterocycles. The molecule has 1 amide bonds. The first-order valence-corrected chi connectivity index (χ1v) is 6.61. The Hall–Kier alpha value is -1.06. The summed E-state index contributed by atoms with van der Waals surface area (Å²) in [7, 11) is 0. The molecule has 0 radical (unpaired) electrons. The molecule has 1 saturated heterocycles. The van der Waals surface area contributed by atoms with E-state index in [2.05, 4.69) is 0 Å². The van der Waals surface area contributed by atoms with Gasteiger partial charge in [-0.3, -0.25) is 9.69 Å². The predicted octanol–water partition coefficient (Wildman–Crippen LogP) is 3.00. The lowest BCUT2D eigenvalue weighted by molar-refractivity contribution is -0.125. The van der Waals surface area contributed by atoms with Crippen LogP contribution in [0.1, 0.15) is 54.4 Å². The van der Waals surface area contributed by atoms with Gasteiger partial charge in [0.25, 0.3) is 0 Å². The van der Waals surface area contributed by atoms with Gasteiger partial charge < -0.3 is 4.74 Å². The van der Waals surface area contributed by atoms with E-state index in [-0.39, 0.29) is 23.3 Å². The lowest BCUT2D eigenvalue weighted by Gasteiger charge is -2.32. The molecule has 104 valence electrons. The topological polar surface area (TPSA) is 46.6 Å². The van der Waals surface area contributed by atoms with Gasteiger partial charge in [-0.25, -0.2) is 4.79 Å². The van der Waals surface area contributed by atoms with E-state index in [0.29, 0.717) is 13.0 Å². The number of nitrogens with zero attached hydrogens (tertiary/aromatic N) is 1. The normalized spacial score (nSPS) is 23.0. The molecular weight excluding hydrogens is 230 g/mol. The van der Waals surface area contributed by atoms with Gasteiger partial charge in [0.05, 0.1) is 6.04 Å². The fourth-order valence-electron chi connectivity index (χ4n) is 2.42. The largest absolute Gasteiger partial charge is 0.444 e. The van der Waals surface area contributed by atoms with Crippen molar-refractivity contribution in [2.24, 2.45) is 5.41 Å². The Bertz CT molecular complexity index is 341. The molecule has 1 heterocycles. The van der Waals surface area contributed by atoms with Gasteiger partial charge in [0.2, 0.25) is 0 Å². The standard InChI is InChI=1S/C14H25NO3/c1-7-10(16)11-14(5,6)8-9-15(11)12(17)18-13(2,3)4/h11H,7-9H2,1-6H3. The van der Waals surface area contributed by atoms with Gasteiger partial charge >= 0.3 is 6.09 Å². The maximum atomic E-state index is 12.1. The summed E-state index contributed by atoms with van der Waals surface area (Å²) in [6, 6.07) is -0.350. The van der Waals surface area contributed by atoms with Crippen LogP contribution < -0.4 is 0 Å². The zero-order valence-corrected chi connectivity index (χ0v) is 12.4. The van der Waals surface area contributed by atoms with E-state index in [4.69, 9.17) is 4.74 Å². The van der Waals surface area contributed by atoms with Gasteiger partial charge in [0.15, 0.2) is 5.78 Å². The second-order valence-corrected chi connectivity index (χ2v) is 6.63. The molecule has 0 saturated carbocycles. The number of likely N-dealkylation sites (tertiary alicyclic amines) is 1. The third kappa shape index (κ3) is 3.24. The van der Waals surface area contributed by atoms with Gasteiger partial charge in [-0.15, -0.1) is 0 Å². The van der Waals surface area contributed by atoms with Crippen LogP contribution in [0.3, 0.4) is 0 Å². The number of ether oxygens (including phenoxy) is 1. The summed E-state index contributed by atoms with van der Waals surface area (Å²) in [5.74, 6) is 0.114. The first-order chi connectivity index (χ1) is 8.08. The van der Waals surface area contributed by atoms with E-state index < -0.39 is 5.60 Å². The van der Waals surface area contributed by atoms with Crippen molar-refractivity contribution in [2.75, 3.05) is 6.54 Å². The smallest absolute Gasteiger partial charge is 0.410 e. The maximum Gasteiger partial charge on any atom is 0.410 e. The zero-order chi connectivity index (χ0) is 14.1. The summed E-state index contributed by atoms with van der Waals surface area (Å²) in [4.78, 5) is 25.8. The fraction of sp³-hybridized carbons (Fsp3) is 0.857. The summed E-state index contributed by atoms with van der Waals surface area (Å²) in [6.07, 6.45) is 0.913. The lowest BCUT2D eigenvalue weighted by Crippen LogP contribution is -2.47. The van der Waals surface area contributed by atoms with E-state index in [1.54, 1.807) is 4.90 Å². The molecule has 18 heavy (non-hydrogen) atoms. The third-order valence-corrected chi connectivity index (χ3v) is 3.33. The van der Waals surface area contributed by atoms with Crippen LogP contribution in [0.5, 0.6) is 0 Å². The highest BCUT2D eigenvalue weighted by atomic mass is 16.6. The molecule has 0 aliphatic carbocycles. The van der Waals surface area contributed by atoms with Crippen molar-refractivity contribution in [3.63, 3.8) is 0 Å². The molecule has 0 aromatic heterocycles. The predicted molar refractivity (Wildman–Crippen MR) is 70.4 cm³/mol. The molecule has 1 unspecified atom stereocenters. The molecule has 0 spiro atoms. The average Bonchev–Trinajstić information content (AvgIpc) is 2.50. The monoisotopic (exact) mass is 255 g/mol. The number of ketones is 1. The number of Topliss-reactive ketones (excluding diaryl/α,β-unsaturated/α-hetero) is 1. The lowest BCUT2D eigenvalue weighted by atomic mass is 9.82. The minimum Gasteiger partial charge on any atom is -0.444 e. The minimum atomic E-state index is -0.524. The molecule has 4 heteroatoms. The maximum absolute atomic E-state index is 12.1. The van der Waals surface area contributed by atoms with Crippen LogP contribution in [-0.4, -0.2) is 35.0 Å². The van der Waals surface area contributed by atoms with E-state index >= 15 is 0 Å². The van der Waals surface area contributed by atoms with E-state index in [9.17, 15) is 9.59 Å². The summed E-state index contributed by atoms with van der Waals surface area (Å²) >= 11 is 0. The molecule has 1 aliphatic rings. The molecule has 0 aromatic carbocycles. The van der Waals surface area contributed by atoms with Crippen molar-refractivity contribution < 1.29 is 14.3 Å². The second kappa shape index (κ2) is 4.90. The van der Waals surface area contributed by atoms with Crippen molar-refractivity contribution in [1.29, 1.82) is 0 Å². The fourth-order valence-corrected chi connectivity index (χ4v) is 2.42. The second-order valence-electron chi connectivity index (χ2n) is 6.63. The Kier molecular flexibility index (Phi) is 4.08. The number of carbonyl (C=O) groups is 2. The van der Waals surface area contributed by atoms with E-state index in [1.807, 2.05) is 41.5 Å². The summed E-state index contributed by atoms with van der Waals surface area (Å²) < 4.78 is 5.37. The minimum absolute atomic E-state index is 0.114. The molecule has 0 bridgehead atoms. The molecule has 1 atom stereocenters. The van der Waals surface area contributed by atoms with Crippen LogP contribution in [0.4, 0.5) is 4.79 Å². The Morgan fingerprint density at radius 1 is 1.33 bits per heavy atom. The molecule has 1 fully saturated rings. The summed E-state index contributed by atoms with van der Waals surface area (Å²) in [5, 5.41) is 0. The van der Waals surface area contributed by atoms with Crippen molar-refractivity contribution >= 4 is 11.9 Å². The number of carbonyl (C=O) groups excluding carboxylic acids is 2. The van der Waals surface area contributed by atoms with Crippen LogP contribution in [0.15, 0.2) is 0 Å². The molecule has 1 rings (SSSR count). The Morgan fingerprint density at radius 2 is 1.89 bits per heavy atom. The van der Waals surface area contributed by atoms with Gasteiger partial charge in [-0.2, -0.15) is 0 Å². The number of rotatable bonds is 2. The highest BCUT2D eigenvalue weighted by Crippen LogP contribution is 2.37. The van der Waals surface area contributed by atoms with Crippen molar-refractivity contribution in [3.05, 3.63) is 0 Å². The quantitative estimate of drug-likeness (QED) is 0.762. The van der Waals surface area contributed by atoms with Gasteiger partial charge in [-0.1, -0.05) is 20.8 Å². The van der Waals surface area contributed by atoms with Gasteiger partial charge in [-0.05, 0) is 32.6 Å². The summed E-state index contributed by atoms with van der Waals surface area (Å²) in [5.41, 5.74) is -0.687. The van der Waals surface area contributed by atoms with Crippen molar-refractivity contribution in [1.82, 2.24) is 4.90 Å². The zero-order valence-electron chi connectivity index (χ0n) is 12.4. The number of amides is 1. The first kappa shape index (κ1) is 15.0. The molecule has 0 N–H and O–H groups in total. The molecule has 4 nitrogen and oxygen atoms in total. The molecule has 0 aromatic rings. The van der Waals surface area contributed by atoms with Crippen LogP contribution >= 0.6 is 0 Å². The number of hydrogen-bond donors (Lipinski definition) is 0. The highest BCUT2D eigenvalue weighted by molar-refractivity contribution is 5.88. The van der Waals surface area contributed by atoms with Crippen molar-refractivity contribution in [2.45, 2.75) is 66.0 Å². The third-order valence-electron chi connectivity index (χ3n) is 3.33. The van der Waals surface area contributed by atoms with Crippen LogP contribution in [0.25, 0.3) is 0 Å². The Labute approximate surface area is 110 Å². The van der Waals surface area contributed by atoms with E-state index in [1.165, 1.54) is 0 Å².